The Bertz CT molecular complexity index is 540. The van der Waals surface area contributed by atoms with Crippen molar-refractivity contribution in [2.75, 3.05) is 7.05 Å². The molecule has 2 N–H and O–H groups in total. The summed E-state index contributed by atoms with van der Waals surface area (Å²) in [6.45, 7) is 1.81. The standard InChI is InChI=1S/C11H13N5O2/c1-7(8-5-3-4-6-9(8)17)16(2)11(18)10-12-14-15-13-10/h3-7,17H,1-2H3,(H,12,13,14,15). The number of tetrazole rings is 1. The van der Waals surface area contributed by atoms with E-state index in [0.29, 0.717) is 5.56 Å². The number of carbonyl (C=O) groups excluding carboxylic acids is 1. The van der Waals surface area contributed by atoms with Crippen molar-refractivity contribution in [2.45, 2.75) is 13.0 Å². The SMILES string of the molecule is CC(c1ccccc1O)N(C)C(=O)c1nn[nH]n1. The predicted octanol–water partition coefficient (Wildman–Crippen LogP) is 0.738. The predicted molar refractivity (Wildman–Crippen MR) is 62.8 cm³/mol. The third-order valence-electron chi connectivity index (χ3n) is 2.82. The molecule has 1 unspecified atom stereocenters. The summed E-state index contributed by atoms with van der Waals surface area (Å²) in [6, 6.07) is 6.58. The molecule has 0 fully saturated rings. The number of hydrogen-bond donors (Lipinski definition) is 2. The van der Waals surface area contributed by atoms with E-state index in [0.717, 1.165) is 0 Å². The highest BCUT2D eigenvalue weighted by Crippen LogP contribution is 2.27. The van der Waals surface area contributed by atoms with E-state index in [2.05, 4.69) is 20.6 Å². The molecular formula is C11H13N5O2. The molecule has 0 radical (unpaired) electrons. The van der Waals surface area contributed by atoms with Gasteiger partial charge in [-0.2, -0.15) is 5.21 Å². The lowest BCUT2D eigenvalue weighted by Gasteiger charge is -2.24. The number of nitrogens with one attached hydrogen (secondary N) is 1. The second-order valence-electron chi connectivity index (χ2n) is 3.89. The largest absolute Gasteiger partial charge is 0.508 e. The first-order valence-corrected chi connectivity index (χ1v) is 5.39. The number of carbonyl (C=O) groups is 1. The second-order valence-corrected chi connectivity index (χ2v) is 3.89. The van der Waals surface area contributed by atoms with Gasteiger partial charge in [-0.15, -0.1) is 10.2 Å². The van der Waals surface area contributed by atoms with Gasteiger partial charge in [-0.25, -0.2) is 0 Å². The summed E-state index contributed by atoms with van der Waals surface area (Å²) >= 11 is 0. The number of H-pyrrole nitrogens is 1. The highest BCUT2D eigenvalue weighted by atomic mass is 16.3. The minimum absolute atomic E-state index is 0.000212. The smallest absolute Gasteiger partial charge is 0.295 e. The van der Waals surface area contributed by atoms with E-state index in [1.54, 1.807) is 31.3 Å². The third-order valence-corrected chi connectivity index (χ3v) is 2.82. The maximum absolute atomic E-state index is 12.0. The zero-order chi connectivity index (χ0) is 13.1. The summed E-state index contributed by atoms with van der Waals surface area (Å²) in [4.78, 5) is 13.4. The molecule has 0 aliphatic heterocycles. The molecule has 0 aliphatic carbocycles. The summed E-state index contributed by atoms with van der Waals surface area (Å²) in [5.41, 5.74) is 0.664. The van der Waals surface area contributed by atoms with Gasteiger partial charge in [0.2, 0.25) is 0 Å². The number of aromatic amines is 1. The van der Waals surface area contributed by atoms with E-state index >= 15 is 0 Å². The fraction of sp³-hybridized carbons (Fsp3) is 0.273. The molecule has 0 saturated heterocycles. The van der Waals surface area contributed by atoms with Crippen molar-refractivity contribution in [3.05, 3.63) is 35.7 Å². The van der Waals surface area contributed by atoms with Crippen molar-refractivity contribution < 1.29 is 9.90 Å². The van der Waals surface area contributed by atoms with Crippen LogP contribution in [0.3, 0.4) is 0 Å². The first-order valence-electron chi connectivity index (χ1n) is 5.39. The summed E-state index contributed by atoms with van der Waals surface area (Å²) in [5.74, 6) is -0.211. The van der Waals surface area contributed by atoms with Gasteiger partial charge in [-0.3, -0.25) is 4.79 Å². The Kier molecular flexibility index (Phi) is 3.22. The number of hydrogen-bond acceptors (Lipinski definition) is 5. The summed E-state index contributed by atoms with van der Waals surface area (Å²) < 4.78 is 0. The van der Waals surface area contributed by atoms with Gasteiger partial charge < -0.3 is 10.0 Å². The first kappa shape index (κ1) is 12.0. The molecule has 0 spiro atoms. The highest BCUT2D eigenvalue weighted by molar-refractivity contribution is 5.90. The zero-order valence-electron chi connectivity index (χ0n) is 10.0. The topological polar surface area (TPSA) is 95.0 Å². The number of para-hydroxylation sites is 1. The lowest BCUT2D eigenvalue weighted by molar-refractivity contribution is 0.0729. The average Bonchev–Trinajstić information content (AvgIpc) is 2.90. The van der Waals surface area contributed by atoms with Crippen molar-refractivity contribution in [1.82, 2.24) is 25.5 Å². The number of amides is 1. The molecule has 7 heteroatoms. The van der Waals surface area contributed by atoms with E-state index in [4.69, 9.17) is 0 Å². The number of nitrogens with zero attached hydrogens (tertiary/aromatic N) is 4. The van der Waals surface area contributed by atoms with Crippen LogP contribution < -0.4 is 0 Å². The Hall–Kier alpha value is -2.44. The van der Waals surface area contributed by atoms with Gasteiger partial charge in [-0.05, 0) is 18.2 Å². The van der Waals surface area contributed by atoms with Crippen LogP contribution in [0.25, 0.3) is 0 Å². The number of rotatable bonds is 3. The number of benzene rings is 1. The Morgan fingerprint density at radius 2 is 2.17 bits per heavy atom. The molecule has 94 valence electrons. The van der Waals surface area contributed by atoms with Gasteiger partial charge in [0.25, 0.3) is 11.7 Å². The van der Waals surface area contributed by atoms with Gasteiger partial charge in [0.05, 0.1) is 6.04 Å². The Labute approximate surface area is 103 Å². The summed E-state index contributed by atoms with van der Waals surface area (Å²) in [5, 5.41) is 22.6. The number of aromatic hydroxyl groups is 1. The molecule has 1 aromatic carbocycles. The number of phenols is 1. The monoisotopic (exact) mass is 247 g/mol. The molecule has 7 nitrogen and oxygen atoms in total. The molecule has 0 bridgehead atoms. The fourth-order valence-corrected chi connectivity index (χ4v) is 1.64. The van der Waals surface area contributed by atoms with Crippen LogP contribution in [-0.2, 0) is 0 Å². The molecule has 1 atom stereocenters. The lowest BCUT2D eigenvalue weighted by atomic mass is 10.1. The van der Waals surface area contributed by atoms with Gasteiger partial charge in [0.1, 0.15) is 5.75 Å². The van der Waals surface area contributed by atoms with Crippen LogP contribution in [0.5, 0.6) is 5.75 Å². The van der Waals surface area contributed by atoms with E-state index in [-0.39, 0.29) is 23.5 Å². The molecule has 1 heterocycles. The molecule has 1 aromatic heterocycles. The Morgan fingerprint density at radius 1 is 1.44 bits per heavy atom. The van der Waals surface area contributed by atoms with Gasteiger partial charge in [0.15, 0.2) is 0 Å². The van der Waals surface area contributed by atoms with Crippen molar-refractivity contribution in [3.8, 4) is 5.75 Å². The zero-order valence-corrected chi connectivity index (χ0v) is 10.0. The van der Waals surface area contributed by atoms with E-state index in [1.807, 2.05) is 6.92 Å². The van der Waals surface area contributed by atoms with Crippen molar-refractivity contribution in [3.63, 3.8) is 0 Å². The molecule has 2 aromatic rings. The van der Waals surface area contributed by atoms with Crippen molar-refractivity contribution in [1.29, 1.82) is 0 Å². The Morgan fingerprint density at radius 3 is 2.78 bits per heavy atom. The van der Waals surface area contributed by atoms with Crippen LogP contribution in [-0.4, -0.2) is 43.6 Å². The van der Waals surface area contributed by atoms with Crippen molar-refractivity contribution >= 4 is 5.91 Å². The van der Waals surface area contributed by atoms with E-state index < -0.39 is 0 Å². The van der Waals surface area contributed by atoms with E-state index in [9.17, 15) is 9.90 Å². The first-order chi connectivity index (χ1) is 8.61. The molecule has 2 rings (SSSR count). The molecule has 0 aliphatic rings. The molecular weight excluding hydrogens is 234 g/mol. The highest BCUT2D eigenvalue weighted by Gasteiger charge is 2.23. The number of phenolic OH excluding ortho intramolecular Hbond substituents is 1. The molecule has 1 amide bonds. The lowest BCUT2D eigenvalue weighted by Crippen LogP contribution is -2.30. The van der Waals surface area contributed by atoms with Crippen LogP contribution in [0, 0.1) is 0 Å². The van der Waals surface area contributed by atoms with E-state index in [1.165, 1.54) is 4.90 Å². The summed E-state index contributed by atoms with van der Waals surface area (Å²) in [7, 11) is 1.62. The van der Waals surface area contributed by atoms with Gasteiger partial charge >= 0.3 is 0 Å². The Balaban J connectivity index is 2.22. The van der Waals surface area contributed by atoms with Crippen LogP contribution in [0.15, 0.2) is 24.3 Å². The fourth-order valence-electron chi connectivity index (χ4n) is 1.64. The van der Waals surface area contributed by atoms with Crippen LogP contribution in [0.2, 0.25) is 0 Å². The van der Waals surface area contributed by atoms with Crippen molar-refractivity contribution in [2.24, 2.45) is 0 Å². The normalized spacial score (nSPS) is 12.1. The second kappa shape index (κ2) is 4.82. The maximum atomic E-state index is 12.0. The molecule has 0 saturated carbocycles. The number of aromatic nitrogens is 4. The minimum atomic E-state index is -0.362. The minimum Gasteiger partial charge on any atom is -0.508 e. The quantitative estimate of drug-likeness (QED) is 0.834. The summed E-state index contributed by atoms with van der Waals surface area (Å²) in [6.07, 6.45) is 0. The third kappa shape index (κ3) is 2.15. The maximum Gasteiger partial charge on any atom is 0.295 e. The van der Waals surface area contributed by atoms with Gasteiger partial charge in [0, 0.05) is 12.6 Å². The molecule has 18 heavy (non-hydrogen) atoms. The van der Waals surface area contributed by atoms with Crippen LogP contribution >= 0.6 is 0 Å². The van der Waals surface area contributed by atoms with Crippen LogP contribution in [0.1, 0.15) is 29.1 Å². The van der Waals surface area contributed by atoms with Gasteiger partial charge in [-0.1, -0.05) is 18.2 Å². The van der Waals surface area contributed by atoms with Crippen LogP contribution in [0.4, 0.5) is 0 Å². The average molecular weight is 247 g/mol.